The number of hydrogen-bond acceptors (Lipinski definition) is 5. The van der Waals surface area contributed by atoms with Crippen LogP contribution in [0, 0.1) is 6.92 Å². The highest BCUT2D eigenvalue weighted by Gasteiger charge is 2.21. The van der Waals surface area contributed by atoms with E-state index >= 15 is 0 Å². The van der Waals surface area contributed by atoms with Gasteiger partial charge in [0.15, 0.2) is 0 Å². The van der Waals surface area contributed by atoms with Gasteiger partial charge in [0.25, 0.3) is 0 Å². The lowest BCUT2D eigenvalue weighted by Gasteiger charge is -2.36. The second kappa shape index (κ2) is 8.74. The van der Waals surface area contributed by atoms with Gasteiger partial charge in [-0.15, -0.1) is 0 Å². The van der Waals surface area contributed by atoms with Gasteiger partial charge in [-0.1, -0.05) is 30.0 Å². The first kappa shape index (κ1) is 19.6. The molecule has 0 radical (unpaired) electrons. The van der Waals surface area contributed by atoms with Gasteiger partial charge in [0.05, 0.1) is 23.4 Å². The van der Waals surface area contributed by atoms with Crippen LogP contribution in [0.1, 0.15) is 5.56 Å². The van der Waals surface area contributed by atoms with Crippen LogP contribution in [0.15, 0.2) is 59.6 Å². The number of carbonyl (C=O) groups excluding carboxylic acids is 1. The minimum Gasteiger partial charge on any atom is -0.497 e. The standard InChI is InChI=1S/C23H25N3O2S/c1-17-15-22(24-21-6-4-3-5-20(17)21)29-16-23(27)26-13-11-25(12-14-26)18-7-9-19(28-2)10-8-18/h3-10,15H,11-14,16H2,1-2H3. The Balaban J connectivity index is 1.32. The molecule has 1 aliphatic heterocycles. The van der Waals surface area contributed by atoms with Crippen molar-refractivity contribution in [3.05, 3.63) is 60.2 Å². The van der Waals surface area contributed by atoms with E-state index in [2.05, 4.69) is 36.1 Å². The number of piperazine rings is 1. The van der Waals surface area contributed by atoms with E-state index in [0.29, 0.717) is 5.75 Å². The number of aryl methyl sites for hydroxylation is 1. The van der Waals surface area contributed by atoms with Gasteiger partial charge >= 0.3 is 0 Å². The van der Waals surface area contributed by atoms with Crippen molar-refractivity contribution < 1.29 is 9.53 Å². The van der Waals surface area contributed by atoms with Crippen molar-refractivity contribution in [1.82, 2.24) is 9.88 Å². The molecule has 0 atom stereocenters. The van der Waals surface area contributed by atoms with Gasteiger partial charge in [-0.2, -0.15) is 0 Å². The second-order valence-corrected chi connectivity index (χ2v) is 8.14. The molecule has 6 heteroatoms. The molecule has 1 fully saturated rings. The Hall–Kier alpha value is -2.73. The fraction of sp³-hybridized carbons (Fsp3) is 0.304. The third-order valence-electron chi connectivity index (χ3n) is 5.31. The third kappa shape index (κ3) is 4.48. The number of fused-ring (bicyclic) bond motifs is 1. The first-order valence-corrected chi connectivity index (χ1v) is 10.8. The van der Waals surface area contributed by atoms with Gasteiger partial charge in [0, 0.05) is 37.3 Å². The lowest BCUT2D eigenvalue weighted by molar-refractivity contribution is -0.128. The number of nitrogens with zero attached hydrogens (tertiary/aromatic N) is 3. The van der Waals surface area contributed by atoms with Gasteiger partial charge in [-0.3, -0.25) is 4.79 Å². The molecule has 1 amide bonds. The fourth-order valence-corrected chi connectivity index (χ4v) is 4.50. The third-order valence-corrected chi connectivity index (χ3v) is 6.21. The number of hydrogen-bond donors (Lipinski definition) is 0. The van der Waals surface area contributed by atoms with Crippen molar-refractivity contribution in [3.8, 4) is 5.75 Å². The monoisotopic (exact) mass is 407 g/mol. The molecule has 5 nitrogen and oxygen atoms in total. The maximum atomic E-state index is 12.7. The van der Waals surface area contributed by atoms with E-state index in [-0.39, 0.29) is 5.91 Å². The van der Waals surface area contributed by atoms with E-state index in [9.17, 15) is 4.79 Å². The van der Waals surface area contributed by atoms with Crippen LogP contribution in [0.4, 0.5) is 5.69 Å². The molecule has 4 rings (SSSR count). The number of thioether (sulfide) groups is 1. The van der Waals surface area contributed by atoms with Crippen molar-refractivity contribution in [2.75, 3.05) is 43.9 Å². The zero-order valence-electron chi connectivity index (χ0n) is 16.8. The number of carbonyl (C=O) groups is 1. The highest BCUT2D eigenvalue weighted by Crippen LogP contribution is 2.24. The Morgan fingerprint density at radius 3 is 2.52 bits per heavy atom. The summed E-state index contributed by atoms with van der Waals surface area (Å²) in [5, 5.41) is 2.07. The van der Waals surface area contributed by atoms with Crippen LogP contribution in [0.2, 0.25) is 0 Å². The van der Waals surface area contributed by atoms with Gasteiger partial charge in [-0.05, 0) is 48.9 Å². The maximum absolute atomic E-state index is 12.7. The topological polar surface area (TPSA) is 45.7 Å². The molecule has 3 aromatic rings. The molecule has 2 aromatic carbocycles. The van der Waals surface area contributed by atoms with Crippen LogP contribution in [0.25, 0.3) is 10.9 Å². The van der Waals surface area contributed by atoms with Crippen LogP contribution >= 0.6 is 11.8 Å². The Bertz CT molecular complexity index is 999. The van der Waals surface area contributed by atoms with Gasteiger partial charge in [0.2, 0.25) is 5.91 Å². The number of para-hydroxylation sites is 1. The van der Waals surface area contributed by atoms with Crippen molar-refractivity contribution in [3.63, 3.8) is 0 Å². The Morgan fingerprint density at radius 2 is 1.79 bits per heavy atom. The molecule has 0 aliphatic carbocycles. The molecule has 1 aromatic heterocycles. The van der Waals surface area contributed by atoms with Crippen LogP contribution in [-0.4, -0.2) is 54.8 Å². The zero-order chi connectivity index (χ0) is 20.2. The summed E-state index contributed by atoms with van der Waals surface area (Å²) in [5.41, 5.74) is 3.34. The highest BCUT2D eigenvalue weighted by atomic mass is 32.2. The van der Waals surface area contributed by atoms with Crippen molar-refractivity contribution in [2.24, 2.45) is 0 Å². The minimum atomic E-state index is 0.178. The van der Waals surface area contributed by atoms with Crippen molar-refractivity contribution in [2.45, 2.75) is 11.9 Å². The van der Waals surface area contributed by atoms with Crippen LogP contribution in [0.3, 0.4) is 0 Å². The van der Waals surface area contributed by atoms with E-state index in [1.807, 2.05) is 35.2 Å². The number of aromatic nitrogens is 1. The van der Waals surface area contributed by atoms with E-state index in [0.717, 1.165) is 47.9 Å². The van der Waals surface area contributed by atoms with Crippen molar-refractivity contribution >= 4 is 34.3 Å². The van der Waals surface area contributed by atoms with E-state index < -0.39 is 0 Å². The number of ether oxygens (including phenoxy) is 1. The SMILES string of the molecule is COc1ccc(N2CCN(C(=O)CSc3cc(C)c4ccccc4n3)CC2)cc1. The largest absolute Gasteiger partial charge is 0.497 e. The molecule has 0 spiro atoms. The van der Waals surface area contributed by atoms with Crippen molar-refractivity contribution in [1.29, 1.82) is 0 Å². The van der Waals surface area contributed by atoms with E-state index in [4.69, 9.17) is 9.72 Å². The summed E-state index contributed by atoms with van der Waals surface area (Å²) in [6.45, 7) is 5.27. The predicted molar refractivity (Wildman–Crippen MR) is 119 cm³/mol. The van der Waals surface area contributed by atoms with Crippen LogP contribution in [-0.2, 0) is 4.79 Å². The summed E-state index contributed by atoms with van der Waals surface area (Å²) in [7, 11) is 1.67. The number of amides is 1. The lowest BCUT2D eigenvalue weighted by atomic mass is 10.1. The normalized spacial score (nSPS) is 14.3. The quantitative estimate of drug-likeness (QED) is 0.599. The molecule has 1 aliphatic rings. The summed E-state index contributed by atoms with van der Waals surface area (Å²) in [5.74, 6) is 1.46. The average molecular weight is 408 g/mol. The molecule has 0 saturated carbocycles. The molecule has 0 bridgehead atoms. The Morgan fingerprint density at radius 1 is 1.07 bits per heavy atom. The number of pyridine rings is 1. The van der Waals surface area contributed by atoms with Crippen LogP contribution in [0.5, 0.6) is 5.75 Å². The second-order valence-electron chi connectivity index (χ2n) is 7.15. The fourth-order valence-electron chi connectivity index (χ4n) is 3.63. The molecule has 1 saturated heterocycles. The lowest BCUT2D eigenvalue weighted by Crippen LogP contribution is -2.49. The average Bonchev–Trinajstić information content (AvgIpc) is 2.78. The summed E-state index contributed by atoms with van der Waals surface area (Å²) < 4.78 is 5.22. The summed E-state index contributed by atoms with van der Waals surface area (Å²) >= 11 is 1.52. The number of rotatable bonds is 5. The first-order chi connectivity index (χ1) is 14.1. The van der Waals surface area contributed by atoms with Crippen LogP contribution < -0.4 is 9.64 Å². The number of methoxy groups -OCH3 is 1. The first-order valence-electron chi connectivity index (χ1n) is 9.80. The predicted octanol–water partition coefficient (Wildman–Crippen LogP) is 3.99. The Labute approximate surface area is 175 Å². The molecule has 0 unspecified atom stereocenters. The Kier molecular flexibility index (Phi) is 5.90. The molecule has 150 valence electrons. The smallest absolute Gasteiger partial charge is 0.233 e. The summed E-state index contributed by atoms with van der Waals surface area (Å²) in [4.78, 5) is 21.7. The van der Waals surface area contributed by atoms with E-state index in [1.54, 1.807) is 7.11 Å². The number of anilines is 1. The van der Waals surface area contributed by atoms with Gasteiger partial charge in [0.1, 0.15) is 5.75 Å². The van der Waals surface area contributed by atoms with Gasteiger partial charge < -0.3 is 14.5 Å². The van der Waals surface area contributed by atoms with E-state index in [1.165, 1.54) is 23.0 Å². The zero-order valence-corrected chi connectivity index (χ0v) is 17.6. The minimum absolute atomic E-state index is 0.178. The summed E-state index contributed by atoms with van der Waals surface area (Å²) in [6, 6.07) is 18.3. The molecule has 0 N–H and O–H groups in total. The molecular formula is C23H25N3O2S. The maximum Gasteiger partial charge on any atom is 0.233 e. The molecule has 2 heterocycles. The molecule has 29 heavy (non-hydrogen) atoms. The van der Waals surface area contributed by atoms with Gasteiger partial charge in [-0.25, -0.2) is 4.98 Å². The molecular weight excluding hydrogens is 382 g/mol. The summed E-state index contributed by atoms with van der Waals surface area (Å²) in [6.07, 6.45) is 0. The highest BCUT2D eigenvalue weighted by molar-refractivity contribution is 7.99. The number of benzene rings is 2.